The summed E-state index contributed by atoms with van der Waals surface area (Å²) < 4.78 is 6.45. The first-order valence-electron chi connectivity index (χ1n) is 6.35. The van der Waals surface area contributed by atoms with Crippen molar-refractivity contribution < 1.29 is 9.53 Å². The number of morpholine rings is 1. The molecule has 2 unspecified atom stereocenters. The van der Waals surface area contributed by atoms with Crippen LogP contribution in [0.25, 0.3) is 0 Å². The fourth-order valence-corrected chi connectivity index (χ4v) is 3.84. The molecule has 3 heterocycles. The Hall–Kier alpha value is -0.420. The molecule has 0 radical (unpaired) electrons. The lowest BCUT2D eigenvalue weighted by atomic mass is 10.1. The van der Waals surface area contributed by atoms with Crippen molar-refractivity contribution in [2.45, 2.75) is 31.4 Å². The maximum atomic E-state index is 12.2. The van der Waals surface area contributed by atoms with E-state index in [1.807, 2.05) is 12.1 Å². The lowest BCUT2D eigenvalue weighted by Crippen LogP contribution is -2.49. The number of nitrogens with zero attached hydrogens (tertiary/aromatic N) is 1. The second-order valence-electron chi connectivity index (χ2n) is 4.96. The van der Waals surface area contributed by atoms with Crippen molar-refractivity contribution >= 4 is 28.7 Å². The van der Waals surface area contributed by atoms with Gasteiger partial charge in [0.1, 0.15) is 6.10 Å². The SMILES string of the molecule is O=C(Cc1ccc(Cl)s1)C1CN2CCCC2CO1. The van der Waals surface area contributed by atoms with Crippen molar-refractivity contribution in [3.63, 3.8) is 0 Å². The molecule has 0 N–H and O–H groups in total. The molecule has 0 aliphatic carbocycles. The number of hydrogen-bond donors (Lipinski definition) is 0. The van der Waals surface area contributed by atoms with Crippen molar-refractivity contribution in [1.29, 1.82) is 0 Å². The van der Waals surface area contributed by atoms with E-state index in [0.717, 1.165) is 22.3 Å². The van der Waals surface area contributed by atoms with E-state index in [4.69, 9.17) is 16.3 Å². The molecule has 1 aromatic rings. The summed E-state index contributed by atoms with van der Waals surface area (Å²) in [5.74, 6) is 0.180. The quantitative estimate of drug-likeness (QED) is 0.854. The molecule has 0 aromatic carbocycles. The molecule has 1 aromatic heterocycles. The summed E-state index contributed by atoms with van der Waals surface area (Å²) in [6, 6.07) is 4.31. The second-order valence-corrected chi connectivity index (χ2v) is 6.76. The molecule has 0 bridgehead atoms. The van der Waals surface area contributed by atoms with Crippen LogP contribution in [0.2, 0.25) is 4.34 Å². The molecule has 18 heavy (non-hydrogen) atoms. The number of carbonyl (C=O) groups is 1. The average Bonchev–Trinajstić information content (AvgIpc) is 2.96. The van der Waals surface area contributed by atoms with E-state index in [-0.39, 0.29) is 11.9 Å². The number of rotatable bonds is 3. The minimum Gasteiger partial charge on any atom is -0.367 e. The van der Waals surface area contributed by atoms with Gasteiger partial charge >= 0.3 is 0 Å². The van der Waals surface area contributed by atoms with Crippen LogP contribution < -0.4 is 0 Å². The number of ketones is 1. The molecular weight excluding hydrogens is 270 g/mol. The van der Waals surface area contributed by atoms with Gasteiger partial charge in [0, 0.05) is 23.9 Å². The third-order valence-corrected chi connectivity index (χ3v) is 4.96. The molecule has 0 spiro atoms. The lowest BCUT2D eigenvalue weighted by molar-refractivity contribution is -0.137. The van der Waals surface area contributed by atoms with Crippen LogP contribution in [-0.2, 0) is 16.0 Å². The topological polar surface area (TPSA) is 29.5 Å². The lowest BCUT2D eigenvalue weighted by Gasteiger charge is -2.34. The zero-order valence-corrected chi connectivity index (χ0v) is 11.7. The molecule has 2 aliphatic heterocycles. The second kappa shape index (κ2) is 5.29. The van der Waals surface area contributed by atoms with Crippen LogP contribution in [0.5, 0.6) is 0 Å². The zero-order valence-electron chi connectivity index (χ0n) is 10.1. The Morgan fingerprint density at radius 2 is 2.44 bits per heavy atom. The van der Waals surface area contributed by atoms with Gasteiger partial charge in [0.05, 0.1) is 10.9 Å². The van der Waals surface area contributed by atoms with Gasteiger partial charge in [0.25, 0.3) is 0 Å². The van der Waals surface area contributed by atoms with E-state index in [1.165, 1.54) is 24.2 Å². The molecule has 3 nitrogen and oxygen atoms in total. The molecule has 2 aliphatic rings. The Morgan fingerprint density at radius 3 is 3.22 bits per heavy atom. The Bertz CT molecular complexity index is 448. The fourth-order valence-electron chi connectivity index (χ4n) is 2.74. The van der Waals surface area contributed by atoms with E-state index in [2.05, 4.69) is 4.90 Å². The molecule has 2 fully saturated rings. The first kappa shape index (κ1) is 12.6. The molecule has 0 saturated carbocycles. The van der Waals surface area contributed by atoms with Gasteiger partial charge in [-0.25, -0.2) is 0 Å². The summed E-state index contributed by atoms with van der Waals surface area (Å²) in [5.41, 5.74) is 0. The van der Waals surface area contributed by atoms with E-state index in [0.29, 0.717) is 19.1 Å². The van der Waals surface area contributed by atoms with Gasteiger partial charge in [-0.1, -0.05) is 11.6 Å². The van der Waals surface area contributed by atoms with Crippen LogP contribution in [0.1, 0.15) is 17.7 Å². The molecule has 0 amide bonds. The summed E-state index contributed by atoms with van der Waals surface area (Å²) in [6.07, 6.45) is 2.64. The van der Waals surface area contributed by atoms with E-state index >= 15 is 0 Å². The maximum absolute atomic E-state index is 12.2. The summed E-state index contributed by atoms with van der Waals surface area (Å²) in [5, 5.41) is 0. The van der Waals surface area contributed by atoms with Crippen LogP contribution in [0.15, 0.2) is 12.1 Å². The highest BCUT2D eigenvalue weighted by molar-refractivity contribution is 7.16. The maximum Gasteiger partial charge on any atom is 0.168 e. The molecule has 3 rings (SSSR count). The van der Waals surface area contributed by atoms with Crippen molar-refractivity contribution in [2.24, 2.45) is 0 Å². The van der Waals surface area contributed by atoms with Crippen LogP contribution in [-0.4, -0.2) is 42.5 Å². The minimum absolute atomic E-state index is 0.180. The number of fused-ring (bicyclic) bond motifs is 1. The highest BCUT2D eigenvalue weighted by Crippen LogP contribution is 2.25. The predicted octanol–water partition coefficient (Wildman–Crippen LogP) is 2.38. The summed E-state index contributed by atoms with van der Waals surface area (Å²) in [4.78, 5) is 15.6. The van der Waals surface area contributed by atoms with Gasteiger partial charge in [-0.15, -0.1) is 11.3 Å². The summed E-state index contributed by atoms with van der Waals surface area (Å²) >= 11 is 7.35. The largest absolute Gasteiger partial charge is 0.367 e. The first-order chi connectivity index (χ1) is 8.72. The van der Waals surface area contributed by atoms with Crippen molar-refractivity contribution in [3.8, 4) is 0 Å². The van der Waals surface area contributed by atoms with Gasteiger partial charge in [0.15, 0.2) is 5.78 Å². The Kier molecular flexibility index (Phi) is 3.71. The van der Waals surface area contributed by atoms with Crippen LogP contribution in [0, 0.1) is 0 Å². The Morgan fingerprint density at radius 1 is 1.56 bits per heavy atom. The van der Waals surface area contributed by atoms with E-state index in [1.54, 1.807) is 0 Å². The van der Waals surface area contributed by atoms with Crippen molar-refractivity contribution in [2.75, 3.05) is 19.7 Å². The van der Waals surface area contributed by atoms with Crippen LogP contribution in [0.4, 0.5) is 0 Å². The monoisotopic (exact) mass is 285 g/mol. The van der Waals surface area contributed by atoms with Crippen LogP contribution >= 0.6 is 22.9 Å². The third-order valence-electron chi connectivity index (χ3n) is 3.73. The van der Waals surface area contributed by atoms with Crippen molar-refractivity contribution in [3.05, 3.63) is 21.3 Å². The number of halogens is 1. The highest BCUT2D eigenvalue weighted by Gasteiger charge is 2.35. The van der Waals surface area contributed by atoms with Gasteiger partial charge in [-0.05, 0) is 31.5 Å². The van der Waals surface area contributed by atoms with Gasteiger partial charge in [-0.3, -0.25) is 9.69 Å². The Labute approximate surface area is 116 Å². The molecule has 2 saturated heterocycles. The molecular formula is C13H16ClNO2S. The zero-order chi connectivity index (χ0) is 12.5. The molecule has 5 heteroatoms. The van der Waals surface area contributed by atoms with Gasteiger partial charge in [-0.2, -0.15) is 0 Å². The highest BCUT2D eigenvalue weighted by atomic mass is 35.5. The van der Waals surface area contributed by atoms with E-state index < -0.39 is 0 Å². The van der Waals surface area contributed by atoms with Gasteiger partial charge < -0.3 is 4.74 Å². The van der Waals surface area contributed by atoms with Gasteiger partial charge in [0.2, 0.25) is 0 Å². The summed E-state index contributed by atoms with van der Waals surface area (Å²) in [6.45, 7) is 2.59. The Balaban J connectivity index is 1.59. The van der Waals surface area contributed by atoms with E-state index in [9.17, 15) is 4.79 Å². The molecule has 98 valence electrons. The number of thiophene rings is 1. The van der Waals surface area contributed by atoms with Crippen molar-refractivity contribution in [1.82, 2.24) is 4.90 Å². The molecule has 2 atom stereocenters. The predicted molar refractivity (Wildman–Crippen MR) is 72.4 cm³/mol. The van der Waals surface area contributed by atoms with Crippen LogP contribution in [0.3, 0.4) is 0 Å². The standard InChI is InChI=1S/C13H16ClNO2S/c14-13-4-3-10(18-13)6-11(16)12-7-15-5-1-2-9(15)8-17-12/h3-4,9,12H,1-2,5-8H2. The average molecular weight is 286 g/mol. The minimum atomic E-state index is -0.250. The normalized spacial score (nSPS) is 28.3. The number of ether oxygens (including phenoxy) is 1. The number of carbonyl (C=O) groups excluding carboxylic acids is 1. The fraction of sp³-hybridized carbons (Fsp3) is 0.615. The third kappa shape index (κ3) is 2.62. The summed E-state index contributed by atoms with van der Waals surface area (Å²) in [7, 11) is 0. The first-order valence-corrected chi connectivity index (χ1v) is 7.54. The smallest absolute Gasteiger partial charge is 0.168 e. The number of hydrogen-bond acceptors (Lipinski definition) is 4. The number of Topliss-reactive ketones (excluding diaryl/α,β-unsaturated/α-hetero) is 1.